The van der Waals surface area contributed by atoms with Gasteiger partial charge in [0, 0.05) is 13.1 Å². The number of thiazole rings is 1. The molecule has 1 aromatic rings. The first kappa shape index (κ1) is 16.1. The molecule has 0 aliphatic rings. The Morgan fingerprint density at radius 2 is 2.16 bits per heavy atom. The van der Waals surface area contributed by atoms with Crippen LogP contribution >= 0.6 is 11.3 Å². The van der Waals surface area contributed by atoms with Crippen molar-refractivity contribution in [2.45, 2.75) is 30.9 Å². The van der Waals surface area contributed by atoms with Gasteiger partial charge in [0.2, 0.25) is 0 Å². The lowest BCUT2D eigenvalue weighted by Gasteiger charge is -2.19. The molecule has 0 aliphatic heterocycles. The number of unbranched alkanes of at least 4 members (excludes halogenated alkanes) is 1. The Morgan fingerprint density at radius 3 is 2.68 bits per heavy atom. The molecule has 1 heterocycles. The molecule has 0 saturated heterocycles. The average molecular weight is 306 g/mol. The Hall–Kier alpha value is -0.990. The van der Waals surface area contributed by atoms with Crippen molar-refractivity contribution in [3.05, 3.63) is 11.2 Å². The summed E-state index contributed by atoms with van der Waals surface area (Å²) < 4.78 is 30.8. The summed E-state index contributed by atoms with van der Waals surface area (Å²) in [6, 6.07) is 0. The largest absolute Gasteiger partial charge is 0.464 e. The van der Waals surface area contributed by atoms with Crippen LogP contribution in [0.15, 0.2) is 9.72 Å². The first-order valence-corrected chi connectivity index (χ1v) is 8.32. The molecule has 0 aliphatic carbocycles. The Labute approximate surface area is 117 Å². The van der Waals surface area contributed by atoms with Crippen LogP contribution in [0.4, 0.5) is 0 Å². The van der Waals surface area contributed by atoms with E-state index >= 15 is 0 Å². The zero-order valence-electron chi connectivity index (χ0n) is 11.2. The molecule has 0 aromatic carbocycles. The third-order valence-electron chi connectivity index (χ3n) is 2.60. The fraction of sp³-hybridized carbons (Fsp3) is 0.636. The van der Waals surface area contributed by atoms with Crippen LogP contribution in [0.3, 0.4) is 0 Å². The van der Waals surface area contributed by atoms with E-state index in [1.165, 1.54) is 16.9 Å². The zero-order valence-corrected chi connectivity index (χ0v) is 12.9. The second-order valence-corrected chi connectivity index (χ2v) is 6.82. The minimum atomic E-state index is -3.68. The number of methoxy groups -OCH3 is 1. The van der Waals surface area contributed by atoms with Gasteiger partial charge in [0.1, 0.15) is 0 Å². The van der Waals surface area contributed by atoms with Gasteiger partial charge >= 0.3 is 5.97 Å². The van der Waals surface area contributed by atoms with Crippen molar-refractivity contribution in [2.75, 3.05) is 20.2 Å². The number of hydrogen-bond donors (Lipinski definition) is 0. The Bertz CT molecular complexity index is 525. The maximum Gasteiger partial charge on any atom is 0.358 e. The summed E-state index contributed by atoms with van der Waals surface area (Å²) in [5, 5.41) is 0. The van der Waals surface area contributed by atoms with E-state index in [1.807, 2.05) is 6.92 Å². The maximum atomic E-state index is 12.5. The van der Waals surface area contributed by atoms with Crippen molar-refractivity contribution in [3.63, 3.8) is 0 Å². The molecule has 8 heteroatoms. The normalized spacial score (nSPS) is 11.8. The van der Waals surface area contributed by atoms with E-state index in [0.717, 1.165) is 24.2 Å². The summed E-state index contributed by atoms with van der Waals surface area (Å²) >= 11 is 0.936. The van der Waals surface area contributed by atoms with Crippen molar-refractivity contribution in [3.8, 4) is 0 Å². The van der Waals surface area contributed by atoms with Crippen LogP contribution in [0.1, 0.15) is 37.2 Å². The quantitative estimate of drug-likeness (QED) is 0.717. The molecule has 6 nitrogen and oxygen atoms in total. The van der Waals surface area contributed by atoms with Gasteiger partial charge in [-0.05, 0) is 6.42 Å². The van der Waals surface area contributed by atoms with Crippen molar-refractivity contribution in [1.82, 2.24) is 9.29 Å². The van der Waals surface area contributed by atoms with Crippen molar-refractivity contribution < 1.29 is 17.9 Å². The van der Waals surface area contributed by atoms with E-state index in [0.29, 0.717) is 13.1 Å². The van der Waals surface area contributed by atoms with E-state index in [1.54, 1.807) is 6.92 Å². The second kappa shape index (κ2) is 6.97. The fourth-order valence-corrected chi connectivity index (χ4v) is 4.31. The number of sulfonamides is 1. The van der Waals surface area contributed by atoms with Crippen LogP contribution in [0.5, 0.6) is 0 Å². The summed E-state index contributed by atoms with van der Waals surface area (Å²) in [6.07, 6.45) is 1.68. The number of nitrogens with zero attached hydrogens (tertiary/aromatic N) is 2. The van der Waals surface area contributed by atoms with Crippen LogP contribution in [-0.2, 0) is 14.8 Å². The van der Waals surface area contributed by atoms with Crippen molar-refractivity contribution in [2.24, 2.45) is 0 Å². The topological polar surface area (TPSA) is 76.6 Å². The number of aromatic nitrogens is 1. The van der Waals surface area contributed by atoms with Crippen LogP contribution < -0.4 is 0 Å². The monoisotopic (exact) mass is 306 g/mol. The highest BCUT2D eigenvalue weighted by molar-refractivity contribution is 7.91. The molecular weight excluding hydrogens is 288 g/mol. The highest BCUT2D eigenvalue weighted by atomic mass is 32.2. The summed E-state index contributed by atoms with van der Waals surface area (Å²) in [4.78, 5) is 15.3. The highest BCUT2D eigenvalue weighted by Crippen LogP contribution is 2.24. The first-order valence-electron chi connectivity index (χ1n) is 6.00. The van der Waals surface area contributed by atoms with Gasteiger partial charge in [0.15, 0.2) is 9.90 Å². The minimum absolute atomic E-state index is 0.0442. The van der Waals surface area contributed by atoms with Crippen LogP contribution in [-0.4, -0.2) is 43.9 Å². The molecule has 0 unspecified atom stereocenters. The van der Waals surface area contributed by atoms with Crippen LogP contribution in [0.2, 0.25) is 0 Å². The molecule has 19 heavy (non-hydrogen) atoms. The molecule has 1 aromatic heterocycles. The molecule has 0 amide bonds. The predicted molar refractivity (Wildman–Crippen MR) is 72.8 cm³/mol. The number of ether oxygens (including phenoxy) is 1. The molecule has 0 bridgehead atoms. The number of carbonyl (C=O) groups excluding carboxylic acids is 1. The SMILES string of the molecule is CCCCN(CC)S(=O)(=O)c1scnc1C(=O)OC. The average Bonchev–Trinajstić information content (AvgIpc) is 2.88. The second-order valence-electron chi connectivity index (χ2n) is 3.83. The van der Waals surface area contributed by atoms with Gasteiger partial charge in [-0.1, -0.05) is 20.3 Å². The van der Waals surface area contributed by atoms with E-state index in [2.05, 4.69) is 9.72 Å². The van der Waals surface area contributed by atoms with Crippen LogP contribution in [0, 0.1) is 0 Å². The molecule has 0 saturated carbocycles. The van der Waals surface area contributed by atoms with Crippen LogP contribution in [0.25, 0.3) is 0 Å². The van der Waals surface area contributed by atoms with Crippen molar-refractivity contribution in [1.29, 1.82) is 0 Å². The van der Waals surface area contributed by atoms with Gasteiger partial charge in [-0.25, -0.2) is 18.2 Å². The standard InChI is InChI=1S/C11H18N2O4S2/c1-4-6-7-13(5-2)19(15,16)11-9(10(14)17-3)12-8-18-11/h8H,4-7H2,1-3H3. The Balaban J connectivity index is 3.12. The number of hydrogen-bond acceptors (Lipinski definition) is 6. The van der Waals surface area contributed by atoms with Gasteiger partial charge in [-0.15, -0.1) is 11.3 Å². The summed E-state index contributed by atoms with van der Waals surface area (Å²) in [7, 11) is -2.48. The zero-order chi connectivity index (χ0) is 14.5. The lowest BCUT2D eigenvalue weighted by atomic mass is 10.3. The predicted octanol–water partition coefficient (Wildman–Crippen LogP) is 1.74. The molecule has 0 atom stereocenters. The van der Waals surface area contributed by atoms with Crippen molar-refractivity contribution >= 4 is 27.3 Å². The van der Waals surface area contributed by atoms with E-state index in [4.69, 9.17) is 0 Å². The smallest absolute Gasteiger partial charge is 0.358 e. The van der Waals surface area contributed by atoms with E-state index in [9.17, 15) is 13.2 Å². The lowest BCUT2D eigenvalue weighted by Crippen LogP contribution is -2.32. The Kier molecular flexibility index (Phi) is 5.89. The summed E-state index contributed by atoms with van der Waals surface area (Å²) in [6.45, 7) is 4.56. The van der Waals surface area contributed by atoms with E-state index in [-0.39, 0.29) is 9.90 Å². The van der Waals surface area contributed by atoms with Gasteiger partial charge in [-0.3, -0.25) is 0 Å². The fourth-order valence-electron chi connectivity index (χ4n) is 1.55. The van der Waals surface area contributed by atoms with Gasteiger partial charge in [0.05, 0.1) is 12.6 Å². The van der Waals surface area contributed by atoms with Gasteiger partial charge in [0.25, 0.3) is 10.0 Å². The molecule has 0 spiro atoms. The minimum Gasteiger partial charge on any atom is -0.464 e. The third kappa shape index (κ3) is 3.52. The molecular formula is C11H18N2O4S2. The molecule has 1 rings (SSSR count). The van der Waals surface area contributed by atoms with Gasteiger partial charge < -0.3 is 4.74 Å². The Morgan fingerprint density at radius 1 is 1.47 bits per heavy atom. The lowest BCUT2D eigenvalue weighted by molar-refractivity contribution is 0.0590. The molecule has 108 valence electrons. The van der Waals surface area contributed by atoms with E-state index < -0.39 is 16.0 Å². The summed E-state index contributed by atoms with van der Waals surface area (Å²) in [5.41, 5.74) is 1.20. The third-order valence-corrected chi connectivity index (χ3v) is 5.92. The molecule has 0 radical (unpaired) electrons. The van der Waals surface area contributed by atoms with Gasteiger partial charge in [-0.2, -0.15) is 4.31 Å². The first-order chi connectivity index (χ1) is 8.98. The molecule has 0 N–H and O–H groups in total. The number of carbonyl (C=O) groups is 1. The number of rotatable bonds is 7. The maximum absolute atomic E-state index is 12.5. The summed E-state index contributed by atoms with van der Waals surface area (Å²) in [5.74, 6) is -0.730. The highest BCUT2D eigenvalue weighted by Gasteiger charge is 2.30. The molecule has 0 fully saturated rings. The number of esters is 1.